The van der Waals surface area contributed by atoms with Crippen molar-refractivity contribution < 1.29 is 9.53 Å². The van der Waals surface area contributed by atoms with E-state index in [1.165, 1.54) is 12.0 Å². The molecule has 3 heteroatoms. The van der Waals surface area contributed by atoms with Gasteiger partial charge in [-0.05, 0) is 12.1 Å². The molecular formula is C11H14O2S. The number of hydrogen-bond acceptors (Lipinski definition) is 3. The molecule has 0 aromatic heterocycles. The van der Waals surface area contributed by atoms with Crippen LogP contribution in [0.25, 0.3) is 0 Å². The predicted molar refractivity (Wildman–Crippen MR) is 58.3 cm³/mol. The van der Waals surface area contributed by atoms with Crippen LogP contribution in [0.4, 0.5) is 0 Å². The number of rotatable bonds is 4. The molecule has 0 aliphatic rings. The number of ether oxygens (including phenoxy) is 1. The summed E-state index contributed by atoms with van der Waals surface area (Å²) in [6.07, 6.45) is 0. The minimum Gasteiger partial charge on any atom is -0.469 e. The fourth-order valence-corrected chi connectivity index (χ4v) is 1.94. The van der Waals surface area contributed by atoms with Crippen LogP contribution in [-0.4, -0.2) is 18.8 Å². The average Bonchev–Trinajstić information content (AvgIpc) is 2.26. The Kier molecular flexibility index (Phi) is 4.53. The molecular weight excluding hydrogens is 196 g/mol. The summed E-state index contributed by atoms with van der Waals surface area (Å²) in [5, 5.41) is 0. The third-order valence-corrected chi connectivity index (χ3v) is 3.12. The van der Waals surface area contributed by atoms with Gasteiger partial charge in [-0.3, -0.25) is 4.79 Å². The number of carbonyl (C=O) groups excluding carboxylic acids is 1. The smallest absolute Gasteiger partial charge is 0.309 e. The zero-order valence-electron chi connectivity index (χ0n) is 8.40. The molecule has 0 heterocycles. The van der Waals surface area contributed by atoms with Crippen molar-refractivity contribution in [3.8, 4) is 0 Å². The molecule has 0 bridgehead atoms. The van der Waals surface area contributed by atoms with Crippen molar-refractivity contribution in [3.63, 3.8) is 0 Å². The van der Waals surface area contributed by atoms with Crippen molar-refractivity contribution in [2.45, 2.75) is 11.8 Å². The first-order valence-corrected chi connectivity index (χ1v) is 5.48. The molecule has 0 spiro atoms. The van der Waals surface area contributed by atoms with E-state index in [9.17, 15) is 4.79 Å². The Bertz CT molecular complexity index is 285. The van der Waals surface area contributed by atoms with Crippen LogP contribution < -0.4 is 0 Å². The average molecular weight is 210 g/mol. The Morgan fingerprint density at radius 3 is 2.64 bits per heavy atom. The van der Waals surface area contributed by atoms with E-state index in [2.05, 4.69) is 4.74 Å². The van der Waals surface area contributed by atoms with Crippen LogP contribution in [0.1, 0.15) is 6.92 Å². The number of hydrogen-bond donors (Lipinski definition) is 0. The van der Waals surface area contributed by atoms with Gasteiger partial charge in [0, 0.05) is 10.6 Å². The molecule has 0 saturated carbocycles. The molecule has 1 aromatic rings. The molecule has 1 atom stereocenters. The van der Waals surface area contributed by atoms with E-state index in [-0.39, 0.29) is 11.9 Å². The summed E-state index contributed by atoms with van der Waals surface area (Å²) in [4.78, 5) is 12.3. The molecule has 14 heavy (non-hydrogen) atoms. The van der Waals surface area contributed by atoms with Crippen LogP contribution in [0.5, 0.6) is 0 Å². The van der Waals surface area contributed by atoms with Gasteiger partial charge in [0.2, 0.25) is 0 Å². The molecule has 1 rings (SSSR count). The van der Waals surface area contributed by atoms with Gasteiger partial charge in [-0.1, -0.05) is 25.1 Å². The largest absolute Gasteiger partial charge is 0.469 e. The highest BCUT2D eigenvalue weighted by Crippen LogP contribution is 2.20. The minimum atomic E-state index is -0.145. The second kappa shape index (κ2) is 5.70. The SMILES string of the molecule is COC(=O)[C@H](C)CSc1ccccc1. The number of esters is 1. The van der Waals surface area contributed by atoms with Crippen LogP contribution in [0.15, 0.2) is 35.2 Å². The standard InChI is InChI=1S/C11H14O2S/c1-9(11(12)13-2)8-14-10-6-4-3-5-7-10/h3-7,9H,8H2,1-2H3/t9-/m1/s1. The molecule has 0 aliphatic heterocycles. The van der Waals surface area contributed by atoms with E-state index in [0.717, 1.165) is 5.75 Å². The lowest BCUT2D eigenvalue weighted by Gasteiger charge is -2.07. The van der Waals surface area contributed by atoms with Gasteiger partial charge >= 0.3 is 5.97 Å². The van der Waals surface area contributed by atoms with Crippen LogP contribution in [0.2, 0.25) is 0 Å². The third-order valence-electron chi connectivity index (χ3n) is 1.85. The summed E-state index contributed by atoms with van der Waals surface area (Å²) in [5.74, 6) is 0.565. The van der Waals surface area contributed by atoms with Gasteiger partial charge in [0.25, 0.3) is 0 Å². The first-order valence-electron chi connectivity index (χ1n) is 4.49. The quantitative estimate of drug-likeness (QED) is 0.564. The lowest BCUT2D eigenvalue weighted by Crippen LogP contribution is -2.14. The van der Waals surface area contributed by atoms with Crippen molar-refractivity contribution in [1.29, 1.82) is 0 Å². The topological polar surface area (TPSA) is 26.3 Å². The normalized spacial score (nSPS) is 12.1. The van der Waals surface area contributed by atoms with E-state index in [1.807, 2.05) is 37.3 Å². The fourth-order valence-electron chi connectivity index (χ4n) is 1.01. The number of benzene rings is 1. The highest BCUT2D eigenvalue weighted by molar-refractivity contribution is 7.99. The van der Waals surface area contributed by atoms with Gasteiger partial charge < -0.3 is 4.74 Å². The summed E-state index contributed by atoms with van der Waals surface area (Å²) in [5.41, 5.74) is 0. The molecule has 0 saturated heterocycles. The van der Waals surface area contributed by atoms with Gasteiger partial charge in [0.15, 0.2) is 0 Å². The van der Waals surface area contributed by atoms with E-state index in [4.69, 9.17) is 0 Å². The summed E-state index contributed by atoms with van der Waals surface area (Å²) in [7, 11) is 1.42. The van der Waals surface area contributed by atoms with Gasteiger partial charge in [-0.25, -0.2) is 0 Å². The van der Waals surface area contributed by atoms with E-state index in [1.54, 1.807) is 11.8 Å². The number of methoxy groups -OCH3 is 1. The third kappa shape index (κ3) is 3.42. The Morgan fingerprint density at radius 2 is 2.07 bits per heavy atom. The lowest BCUT2D eigenvalue weighted by atomic mass is 10.2. The summed E-state index contributed by atoms with van der Waals surface area (Å²) in [6, 6.07) is 10.0. The molecule has 1 aromatic carbocycles. The Balaban J connectivity index is 2.38. The molecule has 0 unspecified atom stereocenters. The highest BCUT2D eigenvalue weighted by atomic mass is 32.2. The van der Waals surface area contributed by atoms with E-state index in [0.29, 0.717) is 0 Å². The summed E-state index contributed by atoms with van der Waals surface area (Å²) >= 11 is 1.67. The zero-order valence-corrected chi connectivity index (χ0v) is 9.21. The molecule has 0 aliphatic carbocycles. The lowest BCUT2D eigenvalue weighted by molar-refractivity contribution is -0.143. The highest BCUT2D eigenvalue weighted by Gasteiger charge is 2.12. The second-order valence-corrected chi connectivity index (χ2v) is 4.14. The monoisotopic (exact) mass is 210 g/mol. The number of thioether (sulfide) groups is 1. The first kappa shape index (κ1) is 11.1. The van der Waals surface area contributed by atoms with Crippen LogP contribution in [0, 0.1) is 5.92 Å². The van der Waals surface area contributed by atoms with Crippen LogP contribution in [0.3, 0.4) is 0 Å². The Hall–Kier alpha value is -0.960. The molecule has 0 fully saturated rings. The van der Waals surface area contributed by atoms with Crippen LogP contribution in [-0.2, 0) is 9.53 Å². The Morgan fingerprint density at radius 1 is 1.43 bits per heavy atom. The minimum absolute atomic E-state index is 0.0507. The van der Waals surface area contributed by atoms with Gasteiger partial charge in [-0.2, -0.15) is 0 Å². The molecule has 2 nitrogen and oxygen atoms in total. The predicted octanol–water partition coefficient (Wildman–Crippen LogP) is 2.59. The van der Waals surface area contributed by atoms with Crippen LogP contribution >= 0.6 is 11.8 Å². The van der Waals surface area contributed by atoms with Crippen molar-refractivity contribution >= 4 is 17.7 Å². The molecule has 76 valence electrons. The number of carbonyl (C=O) groups is 1. The summed E-state index contributed by atoms with van der Waals surface area (Å²) < 4.78 is 4.65. The zero-order chi connectivity index (χ0) is 10.4. The van der Waals surface area contributed by atoms with E-state index < -0.39 is 0 Å². The molecule has 0 N–H and O–H groups in total. The van der Waals surface area contributed by atoms with Crippen molar-refractivity contribution in [3.05, 3.63) is 30.3 Å². The summed E-state index contributed by atoms with van der Waals surface area (Å²) in [6.45, 7) is 1.88. The maximum atomic E-state index is 11.1. The van der Waals surface area contributed by atoms with Crippen molar-refractivity contribution in [2.75, 3.05) is 12.9 Å². The first-order chi connectivity index (χ1) is 6.74. The maximum absolute atomic E-state index is 11.1. The van der Waals surface area contributed by atoms with Gasteiger partial charge in [-0.15, -0.1) is 11.8 Å². The fraction of sp³-hybridized carbons (Fsp3) is 0.364. The van der Waals surface area contributed by atoms with Crippen molar-refractivity contribution in [2.24, 2.45) is 5.92 Å². The second-order valence-electron chi connectivity index (χ2n) is 3.05. The van der Waals surface area contributed by atoms with Gasteiger partial charge in [0.1, 0.15) is 0 Å². The van der Waals surface area contributed by atoms with Gasteiger partial charge in [0.05, 0.1) is 13.0 Å². The molecule has 0 amide bonds. The molecule has 0 radical (unpaired) electrons. The van der Waals surface area contributed by atoms with E-state index >= 15 is 0 Å². The van der Waals surface area contributed by atoms with Crippen molar-refractivity contribution in [1.82, 2.24) is 0 Å². The maximum Gasteiger partial charge on any atom is 0.309 e. The Labute approximate surface area is 88.7 Å².